The molecule has 6 aliphatic rings. The third-order valence-electron chi connectivity index (χ3n) is 7.07. The lowest BCUT2D eigenvalue weighted by molar-refractivity contribution is -0.0893. The van der Waals surface area contributed by atoms with Crippen molar-refractivity contribution in [1.82, 2.24) is 0 Å². The Morgan fingerprint density at radius 3 is 0.931 bits per heavy atom. The van der Waals surface area contributed by atoms with Crippen LogP contribution in [0.3, 0.4) is 0 Å². The summed E-state index contributed by atoms with van der Waals surface area (Å²) in [6.45, 7) is 5.34. The number of epoxide rings is 6. The molecule has 6 rings (SSSR count). The Kier molecular flexibility index (Phi) is 5.58. The highest BCUT2D eigenvalue weighted by molar-refractivity contribution is 4.91. The van der Waals surface area contributed by atoms with Gasteiger partial charge in [-0.15, -0.1) is 0 Å². The summed E-state index contributed by atoms with van der Waals surface area (Å²) in [5.41, 5.74) is 0. The third-order valence-corrected chi connectivity index (χ3v) is 7.07. The molecule has 6 heterocycles. The van der Waals surface area contributed by atoms with Crippen LogP contribution in [-0.2, 0) is 33.2 Å². The molecular formula is C22H34O7. The molecule has 6 aliphatic heterocycles. The van der Waals surface area contributed by atoms with Crippen LogP contribution >= 0.6 is 0 Å². The average Bonchev–Trinajstić information content (AvgIpc) is 3.49. The molecule has 0 aromatic heterocycles. The number of hydrogen-bond donors (Lipinski definition) is 0. The van der Waals surface area contributed by atoms with Crippen LogP contribution in [0.25, 0.3) is 0 Å². The lowest BCUT2D eigenvalue weighted by atomic mass is 9.86. The number of rotatable bonds is 16. The van der Waals surface area contributed by atoms with Gasteiger partial charge in [-0.3, -0.25) is 0 Å². The van der Waals surface area contributed by atoms with Gasteiger partial charge >= 0.3 is 0 Å². The summed E-state index contributed by atoms with van der Waals surface area (Å²) >= 11 is 0. The zero-order valence-corrected chi connectivity index (χ0v) is 17.1. The van der Waals surface area contributed by atoms with Crippen LogP contribution in [0.2, 0.25) is 0 Å². The standard InChI is InChI=1S/C22H34O7/c1(15-7-23-15)13(2-16-8-24-16)21(5-19-11-27-19)29-22(6-20-12-28-20)14(3-17-9-25-17)4-18-10-26-18/h13-22H,1-12H2. The third kappa shape index (κ3) is 6.35. The van der Waals surface area contributed by atoms with Crippen LogP contribution in [0.1, 0.15) is 38.5 Å². The van der Waals surface area contributed by atoms with Crippen molar-refractivity contribution in [3.8, 4) is 0 Å². The van der Waals surface area contributed by atoms with Crippen LogP contribution in [-0.4, -0.2) is 88.5 Å². The van der Waals surface area contributed by atoms with Crippen molar-refractivity contribution in [2.75, 3.05) is 39.6 Å². The van der Waals surface area contributed by atoms with Gasteiger partial charge in [0, 0.05) is 12.8 Å². The van der Waals surface area contributed by atoms with Gasteiger partial charge in [0.2, 0.25) is 0 Å². The molecule has 7 heteroatoms. The molecule has 0 radical (unpaired) electrons. The second-order valence-corrected chi connectivity index (χ2v) is 9.88. The molecule has 6 fully saturated rings. The lowest BCUT2D eigenvalue weighted by Gasteiger charge is -2.34. The Morgan fingerprint density at radius 2 is 0.690 bits per heavy atom. The largest absolute Gasteiger partial charge is 0.374 e. The fourth-order valence-electron chi connectivity index (χ4n) is 4.84. The average molecular weight is 411 g/mol. The van der Waals surface area contributed by atoms with E-state index in [4.69, 9.17) is 33.2 Å². The Bertz CT molecular complexity index is 473. The van der Waals surface area contributed by atoms with E-state index in [1.165, 1.54) is 0 Å². The van der Waals surface area contributed by atoms with Crippen molar-refractivity contribution in [3.05, 3.63) is 0 Å². The zero-order chi connectivity index (χ0) is 19.2. The second kappa shape index (κ2) is 8.34. The Hall–Kier alpha value is -0.280. The molecule has 7 nitrogen and oxygen atoms in total. The van der Waals surface area contributed by atoms with Gasteiger partial charge in [0.1, 0.15) is 0 Å². The molecule has 6 saturated heterocycles. The SMILES string of the molecule is C1OC1CC(CC1CO1)C(CC1CO1)OC(CC1CO1)C(CC1CO1)CC1CO1. The molecule has 0 amide bonds. The number of ether oxygens (including phenoxy) is 7. The van der Waals surface area contributed by atoms with E-state index in [1.807, 2.05) is 0 Å². The van der Waals surface area contributed by atoms with E-state index < -0.39 is 0 Å². The van der Waals surface area contributed by atoms with E-state index in [1.54, 1.807) is 0 Å². The van der Waals surface area contributed by atoms with Gasteiger partial charge in [-0.1, -0.05) is 0 Å². The van der Waals surface area contributed by atoms with Crippen molar-refractivity contribution in [3.63, 3.8) is 0 Å². The second-order valence-electron chi connectivity index (χ2n) is 9.88. The molecule has 0 aliphatic carbocycles. The first-order valence-corrected chi connectivity index (χ1v) is 11.6. The maximum atomic E-state index is 7.01. The first-order chi connectivity index (χ1) is 14.3. The molecular weight excluding hydrogens is 376 g/mol. The minimum absolute atomic E-state index is 0.197. The summed E-state index contributed by atoms with van der Waals surface area (Å²) in [6, 6.07) is 0. The van der Waals surface area contributed by atoms with Gasteiger partial charge in [0.25, 0.3) is 0 Å². The highest BCUT2D eigenvalue weighted by Crippen LogP contribution is 2.39. The van der Waals surface area contributed by atoms with E-state index in [9.17, 15) is 0 Å². The quantitative estimate of drug-likeness (QED) is 0.358. The topological polar surface area (TPSA) is 84.4 Å². The summed E-state index contributed by atoms with van der Waals surface area (Å²) in [7, 11) is 0. The molecule has 8 unspecified atom stereocenters. The molecule has 0 bridgehead atoms. The molecule has 0 N–H and O–H groups in total. The van der Waals surface area contributed by atoms with E-state index in [-0.39, 0.29) is 12.2 Å². The molecule has 0 saturated carbocycles. The lowest BCUT2D eigenvalue weighted by Crippen LogP contribution is -2.37. The molecule has 0 aromatic carbocycles. The highest BCUT2D eigenvalue weighted by atomic mass is 16.6. The van der Waals surface area contributed by atoms with Crippen molar-refractivity contribution in [2.24, 2.45) is 11.8 Å². The minimum Gasteiger partial charge on any atom is -0.374 e. The van der Waals surface area contributed by atoms with Crippen molar-refractivity contribution < 1.29 is 33.2 Å². The van der Waals surface area contributed by atoms with Crippen LogP contribution in [0.5, 0.6) is 0 Å². The van der Waals surface area contributed by atoms with Crippen LogP contribution in [0, 0.1) is 11.8 Å². The first-order valence-electron chi connectivity index (χ1n) is 11.6. The predicted octanol–water partition coefficient (Wildman–Crippen LogP) is 1.71. The van der Waals surface area contributed by atoms with Crippen molar-refractivity contribution in [2.45, 2.75) is 87.4 Å². The van der Waals surface area contributed by atoms with Gasteiger partial charge in [-0.25, -0.2) is 0 Å². The van der Waals surface area contributed by atoms with Crippen LogP contribution in [0.15, 0.2) is 0 Å². The first kappa shape index (κ1) is 19.4. The van der Waals surface area contributed by atoms with Gasteiger partial charge < -0.3 is 33.2 Å². The Balaban J connectivity index is 1.16. The molecule has 0 aromatic rings. The van der Waals surface area contributed by atoms with Gasteiger partial charge in [-0.2, -0.15) is 0 Å². The molecule has 29 heavy (non-hydrogen) atoms. The maximum absolute atomic E-state index is 7.01. The minimum atomic E-state index is 0.197. The summed E-state index contributed by atoms with van der Waals surface area (Å²) in [5.74, 6) is 0.939. The summed E-state index contributed by atoms with van der Waals surface area (Å²) in [4.78, 5) is 0. The smallest absolute Gasteiger partial charge is 0.0834 e. The van der Waals surface area contributed by atoms with Gasteiger partial charge in [-0.05, 0) is 37.5 Å². The fourth-order valence-corrected chi connectivity index (χ4v) is 4.84. The maximum Gasteiger partial charge on any atom is 0.0834 e. The van der Waals surface area contributed by atoms with Crippen molar-refractivity contribution in [1.29, 1.82) is 0 Å². The van der Waals surface area contributed by atoms with E-state index in [2.05, 4.69) is 0 Å². The van der Waals surface area contributed by atoms with E-state index in [0.717, 1.165) is 78.2 Å². The normalized spacial score (nSPS) is 42.6. The summed E-state index contributed by atoms with van der Waals surface area (Å²) < 4.78 is 40.5. The van der Waals surface area contributed by atoms with E-state index >= 15 is 0 Å². The van der Waals surface area contributed by atoms with Crippen LogP contribution < -0.4 is 0 Å². The highest BCUT2D eigenvalue weighted by Gasteiger charge is 2.44. The monoisotopic (exact) mass is 410 g/mol. The Morgan fingerprint density at radius 1 is 0.448 bits per heavy atom. The zero-order valence-electron chi connectivity index (χ0n) is 17.1. The summed E-state index contributed by atoms with van der Waals surface area (Å²) in [5, 5.41) is 0. The molecule has 0 spiro atoms. The predicted molar refractivity (Wildman–Crippen MR) is 102 cm³/mol. The molecule has 8 atom stereocenters. The number of hydrogen-bond acceptors (Lipinski definition) is 7. The van der Waals surface area contributed by atoms with Gasteiger partial charge in [0.05, 0.1) is 88.5 Å². The Labute approximate surface area is 172 Å². The summed E-state index contributed by atoms with van der Waals surface area (Å²) in [6.07, 6.45) is 9.01. The molecule has 164 valence electrons. The van der Waals surface area contributed by atoms with Crippen molar-refractivity contribution >= 4 is 0 Å². The van der Waals surface area contributed by atoms with E-state index in [0.29, 0.717) is 48.5 Å². The fraction of sp³-hybridized carbons (Fsp3) is 1.00. The van der Waals surface area contributed by atoms with Gasteiger partial charge in [0.15, 0.2) is 0 Å². The van der Waals surface area contributed by atoms with Crippen LogP contribution in [0.4, 0.5) is 0 Å².